The summed E-state index contributed by atoms with van der Waals surface area (Å²) in [6.07, 6.45) is 3.05. The fraction of sp³-hybridized carbons (Fsp3) is 0.333. The molecule has 1 saturated carbocycles. The summed E-state index contributed by atoms with van der Waals surface area (Å²) in [6.45, 7) is 1.40. The van der Waals surface area contributed by atoms with Crippen molar-refractivity contribution in [2.45, 2.75) is 43.9 Å². The minimum Gasteiger partial charge on any atom is -0.385 e. The monoisotopic (exact) mass is 849 g/mol. The number of anilines is 3. The molecule has 1 aliphatic heterocycles. The highest BCUT2D eigenvalue weighted by molar-refractivity contribution is 6.00. The number of imide groups is 1. The molecule has 5 heterocycles. The summed E-state index contributed by atoms with van der Waals surface area (Å²) < 4.78 is 30.6. The van der Waals surface area contributed by atoms with Crippen LogP contribution in [0.4, 0.5) is 21.6 Å². The van der Waals surface area contributed by atoms with E-state index in [9.17, 15) is 33.2 Å². The zero-order valence-electron chi connectivity index (χ0n) is 33.9. The number of imidazole rings is 2. The van der Waals surface area contributed by atoms with Crippen LogP contribution in [-0.2, 0) is 32.5 Å². The van der Waals surface area contributed by atoms with E-state index in [2.05, 4.69) is 36.7 Å². The molecular weight excluding hydrogens is 806 g/mol. The van der Waals surface area contributed by atoms with Gasteiger partial charge in [-0.3, -0.25) is 43.0 Å². The maximum Gasteiger partial charge on any atom is 0.329 e. The average molecular weight is 850 g/mol. The summed E-state index contributed by atoms with van der Waals surface area (Å²) in [5.41, 5.74) is 3.41. The number of pyridine rings is 1. The van der Waals surface area contributed by atoms with Gasteiger partial charge in [0.15, 0.2) is 17.2 Å². The van der Waals surface area contributed by atoms with Crippen molar-refractivity contribution in [3.05, 3.63) is 111 Å². The predicted molar refractivity (Wildman–Crippen MR) is 225 cm³/mol. The number of aryl methyl sites for hydroxylation is 1. The number of ether oxygens (including phenoxy) is 2. The summed E-state index contributed by atoms with van der Waals surface area (Å²) in [4.78, 5) is 81.3. The molecule has 4 amide bonds. The Balaban J connectivity index is 0.816. The summed E-state index contributed by atoms with van der Waals surface area (Å²) >= 11 is 0. The van der Waals surface area contributed by atoms with Gasteiger partial charge in [-0.05, 0) is 54.8 Å². The lowest BCUT2D eigenvalue weighted by Crippen LogP contribution is -2.44. The number of amides is 4. The third-order valence-corrected chi connectivity index (χ3v) is 10.7. The number of para-hydroxylation sites is 1. The van der Waals surface area contributed by atoms with Gasteiger partial charge < -0.3 is 30.7 Å². The number of carbonyl (C=O) groups is 4. The summed E-state index contributed by atoms with van der Waals surface area (Å²) in [7, 11) is 3.34. The van der Waals surface area contributed by atoms with E-state index in [1.807, 2.05) is 12.1 Å². The van der Waals surface area contributed by atoms with E-state index in [-0.39, 0.29) is 73.7 Å². The second kappa shape index (κ2) is 17.8. The zero-order valence-corrected chi connectivity index (χ0v) is 33.9. The van der Waals surface area contributed by atoms with Crippen LogP contribution < -0.4 is 37.8 Å². The summed E-state index contributed by atoms with van der Waals surface area (Å²) in [6, 6.07) is 15.7. The fourth-order valence-electron chi connectivity index (χ4n) is 7.45. The highest BCUT2D eigenvalue weighted by Crippen LogP contribution is 2.27. The molecule has 3 atom stereocenters. The van der Waals surface area contributed by atoms with Gasteiger partial charge in [0, 0.05) is 57.0 Å². The molecule has 62 heavy (non-hydrogen) atoms. The molecule has 2 aromatic carbocycles. The first-order valence-corrected chi connectivity index (χ1v) is 20.1. The van der Waals surface area contributed by atoms with Gasteiger partial charge in [-0.2, -0.15) is 0 Å². The minimum atomic E-state index is -1.07. The summed E-state index contributed by atoms with van der Waals surface area (Å²) in [5, 5.41) is 18.3. The first-order valence-electron chi connectivity index (χ1n) is 20.1. The van der Waals surface area contributed by atoms with E-state index in [0.29, 0.717) is 53.3 Å². The van der Waals surface area contributed by atoms with Crippen molar-refractivity contribution in [1.29, 1.82) is 0 Å². The van der Waals surface area contributed by atoms with Crippen molar-refractivity contribution >= 4 is 57.5 Å². The van der Waals surface area contributed by atoms with Gasteiger partial charge in [-0.15, -0.1) is 5.10 Å². The number of nitrogens with one attached hydrogen (secondary N) is 5. The molecule has 1 unspecified atom stereocenters. The van der Waals surface area contributed by atoms with Gasteiger partial charge in [0.1, 0.15) is 17.9 Å². The summed E-state index contributed by atoms with van der Waals surface area (Å²) in [5.74, 6) is -1.46. The van der Waals surface area contributed by atoms with E-state index >= 15 is 0 Å². The van der Waals surface area contributed by atoms with Crippen LogP contribution in [0.25, 0.3) is 22.4 Å². The normalized spacial score (nSPS) is 17.2. The molecule has 4 aromatic heterocycles. The number of carbonyl (C=O) groups excluding carboxylic acids is 4. The third-order valence-electron chi connectivity index (χ3n) is 10.7. The molecule has 20 heteroatoms. The maximum atomic E-state index is 13.7. The van der Waals surface area contributed by atoms with Crippen molar-refractivity contribution in [3.63, 3.8) is 0 Å². The van der Waals surface area contributed by atoms with Gasteiger partial charge in [0.2, 0.25) is 11.8 Å². The molecule has 5 N–H and O–H groups in total. The number of rotatable bonds is 17. The minimum absolute atomic E-state index is 0.108. The first kappa shape index (κ1) is 41.5. The van der Waals surface area contributed by atoms with Crippen molar-refractivity contribution in [3.8, 4) is 5.69 Å². The van der Waals surface area contributed by atoms with Crippen LogP contribution in [0.2, 0.25) is 0 Å². The number of fused-ring (bicyclic) bond motifs is 2. The topological polar surface area (TPSA) is 226 Å². The quantitative estimate of drug-likeness (QED) is 0.0658. The molecule has 1 aliphatic carbocycles. The average Bonchev–Trinajstić information content (AvgIpc) is 3.67. The molecular formula is C42H44FN11O8. The third kappa shape index (κ3) is 8.54. The van der Waals surface area contributed by atoms with Crippen LogP contribution in [0.3, 0.4) is 0 Å². The number of aromatic nitrogens is 6. The predicted octanol–water partition coefficient (Wildman–Crippen LogP) is 2.14. The van der Waals surface area contributed by atoms with Gasteiger partial charge in [0.05, 0.1) is 55.4 Å². The molecule has 0 spiro atoms. The van der Waals surface area contributed by atoms with Crippen molar-refractivity contribution in [2.75, 3.05) is 50.7 Å². The van der Waals surface area contributed by atoms with Crippen LogP contribution in [0.5, 0.6) is 0 Å². The number of halogens is 1. The Kier molecular flexibility index (Phi) is 11.9. The SMILES string of the molecule is CNc1cc(Nc2cccn(-c3cccc(C(=O)NCCOCCOCCc4cccc5c4n(C)c(=O)n5C4CCC(=O)NC4=O)c3)c2=O)nn2c(C(=O)N[C@@H]3C[C@@H]3F)cnc12. The van der Waals surface area contributed by atoms with Gasteiger partial charge in [-0.25, -0.2) is 18.7 Å². The van der Waals surface area contributed by atoms with E-state index < -0.39 is 35.6 Å². The number of benzene rings is 2. The van der Waals surface area contributed by atoms with Crippen LogP contribution in [0.15, 0.2) is 82.6 Å². The van der Waals surface area contributed by atoms with Crippen LogP contribution >= 0.6 is 0 Å². The largest absolute Gasteiger partial charge is 0.385 e. The molecule has 2 aliphatic rings. The molecule has 0 radical (unpaired) electrons. The highest BCUT2D eigenvalue weighted by atomic mass is 19.1. The van der Waals surface area contributed by atoms with Gasteiger partial charge in [-0.1, -0.05) is 18.2 Å². The molecule has 0 bridgehead atoms. The number of hydrogen-bond acceptors (Lipinski definition) is 12. The highest BCUT2D eigenvalue weighted by Gasteiger charge is 2.39. The first-order chi connectivity index (χ1) is 30.0. The van der Waals surface area contributed by atoms with E-state index in [1.165, 1.54) is 24.4 Å². The lowest BCUT2D eigenvalue weighted by molar-refractivity contribution is -0.135. The van der Waals surface area contributed by atoms with Crippen molar-refractivity contribution < 1.29 is 33.0 Å². The Labute approximate surface area is 352 Å². The number of nitrogens with zero attached hydrogens (tertiary/aromatic N) is 6. The molecule has 322 valence electrons. The van der Waals surface area contributed by atoms with Crippen LogP contribution in [0.1, 0.15) is 51.7 Å². The standard InChI is InChI=1S/C42H44FN11O8/c1-44-30-22-34(50-54-33(23-46-37(30)54)40(58)48-29-21-27(29)43)47-28-9-5-15-52(41(28)59)26-8-3-7-25(20-26)38(56)45-14-17-62-19-18-61-16-13-24-6-4-10-31-36(24)51(2)42(60)53(31)32-11-12-35(55)49-39(32)57/h3-10,15,20,22-23,27,29,32,44H,11-14,16-19,21H2,1-2H3,(H,45,56)(H,47,50)(H,48,58)(H,49,55,57)/t27-,29+,32?/m0/s1. The lowest BCUT2D eigenvalue weighted by Gasteiger charge is -2.21. The van der Waals surface area contributed by atoms with E-state index in [4.69, 9.17) is 9.47 Å². The fourth-order valence-corrected chi connectivity index (χ4v) is 7.45. The second-order valence-corrected chi connectivity index (χ2v) is 14.9. The van der Waals surface area contributed by atoms with Crippen molar-refractivity contribution in [1.82, 2.24) is 44.2 Å². The van der Waals surface area contributed by atoms with E-state index in [1.54, 1.807) is 68.8 Å². The van der Waals surface area contributed by atoms with Gasteiger partial charge in [0.25, 0.3) is 17.4 Å². The Morgan fingerprint density at radius 1 is 0.952 bits per heavy atom. The van der Waals surface area contributed by atoms with Crippen LogP contribution in [-0.4, -0.2) is 104 Å². The van der Waals surface area contributed by atoms with Gasteiger partial charge >= 0.3 is 5.69 Å². The molecule has 8 rings (SSSR count). The van der Waals surface area contributed by atoms with Crippen LogP contribution in [0, 0.1) is 0 Å². The number of alkyl halides is 1. The maximum absolute atomic E-state index is 13.7. The molecule has 1 saturated heterocycles. The molecule has 6 aromatic rings. The van der Waals surface area contributed by atoms with E-state index in [0.717, 1.165) is 5.56 Å². The second-order valence-electron chi connectivity index (χ2n) is 14.9. The van der Waals surface area contributed by atoms with Crippen molar-refractivity contribution in [2.24, 2.45) is 7.05 Å². The smallest absolute Gasteiger partial charge is 0.329 e. The zero-order chi connectivity index (χ0) is 43.5. The lowest BCUT2D eigenvalue weighted by atomic mass is 10.1. The number of piperidine rings is 1. The molecule has 2 fully saturated rings. The Morgan fingerprint density at radius 2 is 1.74 bits per heavy atom. The Hall–Kier alpha value is -7.19. The Morgan fingerprint density at radius 3 is 2.52 bits per heavy atom. The number of hydrogen-bond donors (Lipinski definition) is 5. The molecule has 19 nitrogen and oxygen atoms in total. The Bertz CT molecular complexity index is 2830.